The molecule has 0 atom stereocenters. The molecule has 14 rings (SSSR count). The van der Waals surface area contributed by atoms with Gasteiger partial charge in [-0.15, -0.1) is 0 Å². The Morgan fingerprint density at radius 1 is 0.478 bits per heavy atom. The Kier molecular flexibility index (Phi) is 7.91. The van der Waals surface area contributed by atoms with Gasteiger partial charge < -0.3 is 9.38 Å². The standard InChI is InChI=1S/C66H61BN2/c1-62(2,3)41-28-29-53(45(34-41)38-20-13-12-14-21-38)68-55-37-52-56(43-24-17-18-27-48(43)65(52,8)9)57-44-26-19-25-42-46-32-39-22-15-16-23-40(39)33-54(46)69(59(42)44)67(58(55)57)61-60(68)47-35-50-51(36-49(47)66(61,10)11)64(6,7)31-30-63(50,4)5/h12-29,32-37H,30-31H2,1-11H3. The zero-order valence-electron chi connectivity index (χ0n) is 42.2. The first-order chi connectivity index (χ1) is 32.9. The van der Waals surface area contributed by atoms with Crippen molar-refractivity contribution in [1.82, 2.24) is 4.48 Å². The first-order valence-corrected chi connectivity index (χ1v) is 25.6. The number of anilines is 2. The van der Waals surface area contributed by atoms with E-state index in [-0.39, 0.29) is 33.9 Å². The molecule has 0 radical (unpaired) electrons. The van der Waals surface area contributed by atoms with Crippen LogP contribution >= 0.6 is 0 Å². The average molecular weight is 893 g/mol. The van der Waals surface area contributed by atoms with Gasteiger partial charge in [0.15, 0.2) is 0 Å². The lowest BCUT2D eigenvalue weighted by Crippen LogP contribution is -2.53. The predicted molar refractivity (Wildman–Crippen MR) is 295 cm³/mol. The van der Waals surface area contributed by atoms with E-state index in [9.17, 15) is 0 Å². The quantitative estimate of drug-likeness (QED) is 0.157. The maximum Gasteiger partial charge on any atom is 0.329 e. The molecule has 1 aromatic heterocycles. The van der Waals surface area contributed by atoms with Gasteiger partial charge in [-0.05, 0) is 143 Å². The van der Waals surface area contributed by atoms with E-state index in [1.54, 1.807) is 0 Å². The van der Waals surface area contributed by atoms with Crippen LogP contribution in [-0.2, 0) is 27.1 Å². The number of rotatable bonds is 2. The molecule has 3 heterocycles. The zero-order chi connectivity index (χ0) is 47.5. The molecule has 0 saturated carbocycles. The highest BCUT2D eigenvalue weighted by molar-refractivity contribution is 6.86. The number of aromatic nitrogens is 1. The number of hydrogen-bond donors (Lipinski definition) is 0. The molecule has 0 saturated heterocycles. The SMILES string of the molecule is CC(C)(C)c1ccc(N2C3=C(B4c5c2cc2c(c5-c5cccc6c7cc8ccccc8cc7n4c56)-c4ccccc4C2(C)C)C(C)(C)c2cc4c(cc23)C(C)(C)CCC4(C)C)c(-c2ccccc2)c1. The van der Waals surface area contributed by atoms with Gasteiger partial charge >= 0.3 is 6.85 Å². The molecule has 0 spiro atoms. The second kappa shape index (κ2) is 13.2. The highest BCUT2D eigenvalue weighted by Gasteiger charge is 2.56. The lowest BCUT2D eigenvalue weighted by atomic mass is 9.40. The van der Waals surface area contributed by atoms with E-state index in [0.717, 1.165) is 0 Å². The Balaban J connectivity index is 1.21. The van der Waals surface area contributed by atoms with E-state index in [4.69, 9.17) is 0 Å². The first kappa shape index (κ1) is 41.4. The maximum atomic E-state index is 2.82. The van der Waals surface area contributed by atoms with Gasteiger partial charge in [-0.1, -0.05) is 185 Å². The molecule has 0 fully saturated rings. The second-order valence-electron chi connectivity index (χ2n) is 24.8. The molecule has 2 aliphatic heterocycles. The lowest BCUT2D eigenvalue weighted by Gasteiger charge is -2.44. The molecule has 9 aromatic rings. The van der Waals surface area contributed by atoms with E-state index in [1.165, 1.54) is 146 Å². The van der Waals surface area contributed by atoms with Crippen LogP contribution in [0, 0.1) is 0 Å². The highest BCUT2D eigenvalue weighted by Crippen LogP contribution is 2.63. The highest BCUT2D eigenvalue weighted by atomic mass is 15.2. The summed E-state index contributed by atoms with van der Waals surface area (Å²) in [5, 5.41) is 5.24. The third-order valence-electron chi connectivity index (χ3n) is 18.2. The Hall–Kier alpha value is -6.58. The number of allylic oxidation sites excluding steroid dienone is 1. The molecule has 8 aromatic carbocycles. The minimum atomic E-state index is -0.324. The maximum absolute atomic E-state index is 2.82. The summed E-state index contributed by atoms with van der Waals surface area (Å²) in [5.41, 5.74) is 27.2. The summed E-state index contributed by atoms with van der Waals surface area (Å²) in [4.78, 5) is 2.80. The number of benzene rings is 8. The molecular formula is C66H61BN2. The van der Waals surface area contributed by atoms with E-state index < -0.39 is 0 Å². The predicted octanol–water partition coefficient (Wildman–Crippen LogP) is 16.7. The summed E-state index contributed by atoms with van der Waals surface area (Å²) in [6.07, 6.45) is 2.36. The van der Waals surface area contributed by atoms with Crippen LogP contribution < -0.4 is 10.4 Å². The third kappa shape index (κ3) is 5.24. The smallest absolute Gasteiger partial charge is 0.329 e. The van der Waals surface area contributed by atoms with Crippen molar-refractivity contribution in [1.29, 1.82) is 0 Å². The molecule has 0 bridgehead atoms. The van der Waals surface area contributed by atoms with Crippen LogP contribution in [0.4, 0.5) is 11.4 Å². The van der Waals surface area contributed by atoms with Gasteiger partial charge in [-0.2, -0.15) is 0 Å². The summed E-state index contributed by atoms with van der Waals surface area (Å²) in [5.74, 6) is 0. The molecule has 3 aliphatic carbocycles. The minimum absolute atomic E-state index is 0.0316. The minimum Gasteiger partial charge on any atom is -0.376 e. The number of nitrogens with zero attached hydrogens (tertiary/aromatic N) is 2. The van der Waals surface area contributed by atoms with Crippen LogP contribution in [0.15, 0.2) is 151 Å². The van der Waals surface area contributed by atoms with Crippen LogP contribution in [0.25, 0.3) is 71.7 Å². The zero-order valence-corrected chi connectivity index (χ0v) is 42.2. The van der Waals surface area contributed by atoms with Crippen molar-refractivity contribution in [3.8, 4) is 33.4 Å². The Morgan fingerprint density at radius 3 is 1.88 bits per heavy atom. The summed E-state index contributed by atoms with van der Waals surface area (Å²) in [6, 6.07) is 57.2. The number of hydrogen-bond acceptors (Lipinski definition) is 1. The van der Waals surface area contributed by atoms with Gasteiger partial charge in [0.05, 0.1) is 5.69 Å². The molecule has 5 aliphatic rings. The van der Waals surface area contributed by atoms with Gasteiger partial charge in [-0.3, -0.25) is 0 Å². The number of fused-ring (bicyclic) bond motifs is 14. The molecule has 2 nitrogen and oxygen atoms in total. The van der Waals surface area contributed by atoms with Crippen LogP contribution in [-0.4, -0.2) is 11.3 Å². The van der Waals surface area contributed by atoms with E-state index in [2.05, 4.69) is 231 Å². The normalized spacial score (nSPS) is 18.3. The van der Waals surface area contributed by atoms with E-state index in [0.29, 0.717) is 0 Å². The summed E-state index contributed by atoms with van der Waals surface area (Å²) in [6.45, 7) is 27.0. The van der Waals surface area contributed by atoms with Crippen molar-refractivity contribution in [2.45, 2.75) is 116 Å². The van der Waals surface area contributed by atoms with Crippen molar-refractivity contribution < 1.29 is 0 Å². The summed E-state index contributed by atoms with van der Waals surface area (Å²) in [7, 11) is 0. The first-order valence-electron chi connectivity index (χ1n) is 25.6. The van der Waals surface area contributed by atoms with Gasteiger partial charge in [0.25, 0.3) is 0 Å². The van der Waals surface area contributed by atoms with Crippen LogP contribution in [0.5, 0.6) is 0 Å². The van der Waals surface area contributed by atoms with Crippen LogP contribution in [0.1, 0.15) is 128 Å². The largest absolute Gasteiger partial charge is 0.376 e. The molecule has 69 heavy (non-hydrogen) atoms. The van der Waals surface area contributed by atoms with Crippen molar-refractivity contribution >= 4 is 62.0 Å². The van der Waals surface area contributed by atoms with Gasteiger partial charge in [0.1, 0.15) is 0 Å². The fraction of sp³-hybridized carbons (Fsp3) is 0.273. The monoisotopic (exact) mass is 892 g/mol. The fourth-order valence-electron chi connectivity index (χ4n) is 14.3. The Bertz CT molecular complexity index is 3830. The topological polar surface area (TPSA) is 8.17 Å². The summed E-state index contributed by atoms with van der Waals surface area (Å²) < 4.78 is 2.82. The molecule has 338 valence electrons. The molecular weight excluding hydrogens is 832 g/mol. The van der Waals surface area contributed by atoms with E-state index >= 15 is 0 Å². The Labute approximate surface area is 408 Å². The van der Waals surface area contributed by atoms with E-state index in [1.807, 2.05) is 0 Å². The average Bonchev–Trinajstić information content (AvgIpc) is 3.86. The van der Waals surface area contributed by atoms with Crippen molar-refractivity contribution in [2.24, 2.45) is 0 Å². The second-order valence-corrected chi connectivity index (χ2v) is 24.8. The Morgan fingerprint density at radius 2 is 1.14 bits per heavy atom. The molecule has 0 amide bonds. The van der Waals surface area contributed by atoms with Gasteiger partial charge in [-0.25, -0.2) is 0 Å². The van der Waals surface area contributed by atoms with Gasteiger partial charge in [0.2, 0.25) is 0 Å². The molecule has 0 N–H and O–H groups in total. The van der Waals surface area contributed by atoms with Crippen LogP contribution in [0.2, 0.25) is 0 Å². The van der Waals surface area contributed by atoms with Crippen LogP contribution in [0.3, 0.4) is 0 Å². The summed E-state index contributed by atoms with van der Waals surface area (Å²) >= 11 is 0. The molecule has 0 unspecified atom stereocenters. The number of para-hydroxylation sites is 1. The van der Waals surface area contributed by atoms with Crippen molar-refractivity contribution in [3.05, 3.63) is 190 Å². The fourth-order valence-corrected chi connectivity index (χ4v) is 14.3. The van der Waals surface area contributed by atoms with Gasteiger partial charge in [0, 0.05) is 60.7 Å². The van der Waals surface area contributed by atoms with Crippen molar-refractivity contribution in [3.63, 3.8) is 0 Å². The lowest BCUT2D eigenvalue weighted by molar-refractivity contribution is 0.331. The third-order valence-corrected chi connectivity index (χ3v) is 18.2. The van der Waals surface area contributed by atoms with Crippen molar-refractivity contribution in [2.75, 3.05) is 4.90 Å². The molecule has 3 heteroatoms.